The van der Waals surface area contributed by atoms with Gasteiger partial charge in [0.2, 0.25) is 0 Å². The second-order valence-corrected chi connectivity index (χ2v) is 16.1. The zero-order valence-electron chi connectivity index (χ0n) is 29.8. The van der Waals surface area contributed by atoms with Crippen LogP contribution in [-0.2, 0) is 15.0 Å². The Balaban J connectivity index is 1.13. The minimum absolute atomic E-state index is 0.176. The number of nitrogens with zero attached hydrogens (tertiary/aromatic N) is 4. The molecule has 0 radical (unpaired) electrons. The Labute approximate surface area is 297 Å². The fourth-order valence-corrected chi connectivity index (χ4v) is 7.43. The van der Waals surface area contributed by atoms with Crippen LogP contribution in [0.5, 0.6) is 0 Å². The van der Waals surface area contributed by atoms with E-state index in [0.717, 1.165) is 81.5 Å². The number of halogens is 1. The van der Waals surface area contributed by atoms with Gasteiger partial charge < -0.3 is 19.4 Å². The van der Waals surface area contributed by atoms with Gasteiger partial charge in [0, 0.05) is 30.4 Å². The number of benzene rings is 3. The molecule has 0 bridgehead atoms. The number of likely N-dealkylation sites (tertiary alicyclic amines) is 2. The molecule has 50 heavy (non-hydrogen) atoms. The highest BCUT2D eigenvalue weighted by Gasteiger charge is 2.45. The Bertz CT molecular complexity index is 2110. The number of ether oxygens (including phenoxy) is 2. The van der Waals surface area contributed by atoms with Gasteiger partial charge in [0.25, 0.3) is 0 Å². The number of fused-ring (bicyclic) bond motifs is 2. The van der Waals surface area contributed by atoms with Crippen LogP contribution in [0.4, 0.5) is 9.59 Å². The van der Waals surface area contributed by atoms with Gasteiger partial charge in [-0.1, -0.05) is 35.9 Å². The number of carbonyl (C=O) groups is 2. The van der Waals surface area contributed by atoms with E-state index < -0.39 is 16.7 Å². The number of H-pyrrole nitrogens is 2. The molecule has 2 aliphatic rings. The van der Waals surface area contributed by atoms with Crippen molar-refractivity contribution in [1.82, 2.24) is 29.7 Å². The molecule has 3 aromatic carbocycles. The van der Waals surface area contributed by atoms with Gasteiger partial charge in [-0.05, 0) is 115 Å². The highest BCUT2D eigenvalue weighted by atomic mass is 35.5. The van der Waals surface area contributed by atoms with Crippen molar-refractivity contribution in [1.29, 1.82) is 0 Å². The molecular weight excluding hydrogens is 652 g/mol. The third kappa shape index (κ3) is 6.53. The largest absolute Gasteiger partial charge is 0.444 e. The number of nitrogens with one attached hydrogen (secondary N) is 2. The van der Waals surface area contributed by atoms with Crippen molar-refractivity contribution in [3.8, 4) is 22.4 Å². The van der Waals surface area contributed by atoms with Crippen LogP contribution in [-0.4, -0.2) is 66.2 Å². The fraction of sp³-hybridized carbons (Fsp3) is 0.436. The summed E-state index contributed by atoms with van der Waals surface area (Å²) in [6, 6.07) is 16.3. The molecule has 4 heterocycles. The minimum atomic E-state index is -0.573. The van der Waals surface area contributed by atoms with Crippen molar-refractivity contribution in [2.75, 3.05) is 13.1 Å². The van der Waals surface area contributed by atoms with Crippen LogP contribution in [0, 0.1) is 0 Å². The van der Waals surface area contributed by atoms with Gasteiger partial charge in [0.1, 0.15) is 28.4 Å². The van der Waals surface area contributed by atoms with Gasteiger partial charge in [-0.15, -0.1) is 0 Å². The molecule has 2 fully saturated rings. The molecule has 262 valence electrons. The van der Waals surface area contributed by atoms with Crippen molar-refractivity contribution >= 4 is 45.6 Å². The summed E-state index contributed by atoms with van der Waals surface area (Å²) in [5.41, 5.74) is 3.58. The van der Waals surface area contributed by atoms with Gasteiger partial charge in [-0.2, -0.15) is 0 Å². The summed E-state index contributed by atoms with van der Waals surface area (Å²) >= 11 is 6.87. The zero-order chi connectivity index (χ0) is 35.6. The summed E-state index contributed by atoms with van der Waals surface area (Å²) in [5.74, 6) is 1.49. The zero-order valence-corrected chi connectivity index (χ0v) is 30.6. The van der Waals surface area contributed by atoms with Gasteiger partial charge in [0.05, 0.1) is 27.8 Å². The summed E-state index contributed by atoms with van der Waals surface area (Å²) in [4.78, 5) is 46.2. The number of carbonyl (C=O) groups excluding carboxylic acids is 2. The minimum Gasteiger partial charge on any atom is -0.444 e. The SMILES string of the molecule is CC(C)(C)OC(=O)N1CCC[C@H]1c1nc2cc(-c3ccc4cc(-c5c[nH]c([C@@]6(C)CCCN6C(=O)OC(C)(C)C)n5)ccc4c3)c(Cl)cc2[nH]1. The highest BCUT2D eigenvalue weighted by molar-refractivity contribution is 6.34. The van der Waals surface area contributed by atoms with Crippen molar-refractivity contribution in [2.24, 2.45) is 0 Å². The molecule has 2 aromatic heterocycles. The van der Waals surface area contributed by atoms with E-state index in [0.29, 0.717) is 18.1 Å². The number of rotatable bonds is 4. The first-order chi connectivity index (χ1) is 23.6. The highest BCUT2D eigenvalue weighted by Crippen LogP contribution is 2.40. The van der Waals surface area contributed by atoms with E-state index >= 15 is 0 Å². The normalized spacial score (nSPS) is 19.9. The van der Waals surface area contributed by atoms with Crippen LogP contribution in [0.1, 0.15) is 91.8 Å². The molecule has 2 N–H and O–H groups in total. The molecule has 0 unspecified atom stereocenters. The second-order valence-electron chi connectivity index (χ2n) is 15.7. The molecule has 5 aromatic rings. The lowest BCUT2D eigenvalue weighted by Crippen LogP contribution is -2.46. The lowest BCUT2D eigenvalue weighted by atomic mass is 9.98. The average Bonchev–Trinajstić information content (AvgIpc) is 3.84. The molecule has 0 spiro atoms. The molecule has 2 amide bonds. The number of imidazole rings is 2. The van der Waals surface area contributed by atoms with Gasteiger partial charge >= 0.3 is 12.2 Å². The van der Waals surface area contributed by atoms with E-state index in [-0.39, 0.29) is 18.2 Å². The number of aromatic amines is 2. The monoisotopic (exact) mass is 696 g/mol. The third-order valence-corrected chi connectivity index (χ3v) is 9.89. The average molecular weight is 697 g/mol. The molecular formula is C39H45ClN6O4. The van der Waals surface area contributed by atoms with E-state index in [1.165, 1.54) is 0 Å². The predicted molar refractivity (Wildman–Crippen MR) is 196 cm³/mol. The smallest absolute Gasteiger partial charge is 0.411 e. The van der Waals surface area contributed by atoms with Crippen molar-refractivity contribution in [3.63, 3.8) is 0 Å². The second kappa shape index (κ2) is 12.3. The molecule has 11 heteroatoms. The van der Waals surface area contributed by atoms with Crippen LogP contribution in [0.3, 0.4) is 0 Å². The number of aromatic nitrogens is 4. The third-order valence-electron chi connectivity index (χ3n) is 9.58. The van der Waals surface area contributed by atoms with Crippen molar-refractivity contribution in [2.45, 2.75) is 96.9 Å². The summed E-state index contributed by atoms with van der Waals surface area (Å²) < 4.78 is 11.4. The molecule has 0 aliphatic carbocycles. The fourth-order valence-electron chi connectivity index (χ4n) is 7.16. The predicted octanol–water partition coefficient (Wildman–Crippen LogP) is 9.74. The van der Waals surface area contributed by atoms with E-state index in [4.69, 9.17) is 31.0 Å². The summed E-state index contributed by atoms with van der Waals surface area (Å²) in [7, 11) is 0. The Kier molecular flexibility index (Phi) is 8.36. The molecule has 2 saturated heterocycles. The molecule has 10 nitrogen and oxygen atoms in total. The van der Waals surface area contributed by atoms with Crippen LogP contribution in [0.15, 0.2) is 54.7 Å². The quantitative estimate of drug-likeness (QED) is 0.193. The van der Waals surface area contributed by atoms with Gasteiger partial charge in [-0.25, -0.2) is 19.6 Å². The summed E-state index contributed by atoms with van der Waals surface area (Å²) in [6.45, 7) is 14.6. The topological polar surface area (TPSA) is 116 Å². The van der Waals surface area contributed by atoms with Crippen LogP contribution in [0.2, 0.25) is 5.02 Å². The Hall–Kier alpha value is -4.57. The first-order valence-electron chi connectivity index (χ1n) is 17.4. The van der Waals surface area contributed by atoms with Crippen LogP contribution < -0.4 is 0 Å². The molecule has 2 aliphatic heterocycles. The molecule has 0 saturated carbocycles. The maximum absolute atomic E-state index is 13.0. The van der Waals surface area contributed by atoms with Crippen molar-refractivity contribution < 1.29 is 19.1 Å². The number of hydrogen-bond acceptors (Lipinski definition) is 6. The first-order valence-corrected chi connectivity index (χ1v) is 17.8. The van der Waals surface area contributed by atoms with Crippen LogP contribution >= 0.6 is 11.6 Å². The summed E-state index contributed by atoms with van der Waals surface area (Å²) in [6.07, 6.45) is 4.66. The van der Waals surface area contributed by atoms with Gasteiger partial charge in [0.15, 0.2) is 0 Å². The summed E-state index contributed by atoms with van der Waals surface area (Å²) in [5, 5.41) is 2.75. The Morgan fingerprint density at radius 2 is 1.56 bits per heavy atom. The number of hydrogen-bond donors (Lipinski definition) is 2. The standard InChI is InChI=1S/C39H45ClN6O4/c1-37(2,3)49-35(47)45-16-8-10-32(45)33-42-29-20-27(28(40)21-30(29)43-33)25-13-11-24-19-26(14-12-23(24)18-25)31-22-41-34(44-31)39(7)15-9-17-46(39)36(48)50-38(4,5)6/h11-14,18-22,32H,8-10,15-17H2,1-7H3,(H,41,44)(H,42,43)/t32-,39+/m0/s1. The van der Waals surface area contributed by atoms with E-state index in [1.807, 2.05) is 66.8 Å². The first kappa shape index (κ1) is 33.9. The lowest BCUT2D eigenvalue weighted by Gasteiger charge is -2.34. The molecule has 2 atom stereocenters. The van der Waals surface area contributed by atoms with Gasteiger partial charge in [-0.3, -0.25) is 9.80 Å². The Morgan fingerprint density at radius 3 is 2.28 bits per heavy atom. The maximum atomic E-state index is 13.0. The van der Waals surface area contributed by atoms with E-state index in [1.54, 1.807) is 9.80 Å². The van der Waals surface area contributed by atoms with E-state index in [2.05, 4.69) is 46.4 Å². The van der Waals surface area contributed by atoms with Crippen LogP contribution in [0.25, 0.3) is 44.2 Å². The van der Waals surface area contributed by atoms with Crippen molar-refractivity contribution in [3.05, 3.63) is 71.4 Å². The Morgan fingerprint density at radius 1 is 0.880 bits per heavy atom. The number of amides is 2. The lowest BCUT2D eigenvalue weighted by molar-refractivity contribution is 0.00858. The van der Waals surface area contributed by atoms with E-state index in [9.17, 15) is 9.59 Å². The maximum Gasteiger partial charge on any atom is 0.411 e. The molecule has 7 rings (SSSR count).